The Labute approximate surface area is 128 Å². The Morgan fingerprint density at radius 2 is 2.00 bits per heavy atom. The van der Waals surface area contributed by atoms with E-state index < -0.39 is 5.82 Å². The molecule has 0 aliphatic carbocycles. The van der Waals surface area contributed by atoms with Gasteiger partial charge in [0.1, 0.15) is 5.82 Å². The maximum absolute atomic E-state index is 13.3. The molecule has 6 heteroatoms. The highest BCUT2D eigenvalue weighted by Gasteiger charge is 2.14. The molecule has 2 N–H and O–H groups in total. The lowest BCUT2D eigenvalue weighted by Gasteiger charge is -2.00. The number of nitrogens with zero attached hydrogens (tertiary/aromatic N) is 2. The summed E-state index contributed by atoms with van der Waals surface area (Å²) < 4.78 is 19.5. The molecule has 2 aromatic carbocycles. The van der Waals surface area contributed by atoms with Crippen LogP contribution >= 0.6 is 15.9 Å². The number of benzene rings is 2. The number of aryl methyl sites for hydroxylation is 1. The highest BCUT2D eigenvalue weighted by molar-refractivity contribution is 9.10. The van der Waals surface area contributed by atoms with Gasteiger partial charge in [0.15, 0.2) is 0 Å². The van der Waals surface area contributed by atoms with E-state index in [1.807, 2.05) is 25.1 Å². The minimum absolute atomic E-state index is 0.193. The van der Waals surface area contributed by atoms with E-state index >= 15 is 0 Å². The summed E-state index contributed by atoms with van der Waals surface area (Å²) in [6, 6.07) is 9.77. The number of rotatable bonds is 2. The topological polar surface area (TPSA) is 64.9 Å². The standard InChI is InChI=1S/C15H11BrFN3O/c1-8-2-3-9(6-12(8)16)14-19-15(21-20-14)11-7-10(17)4-5-13(11)18/h2-7H,18H2,1H3. The van der Waals surface area contributed by atoms with Crippen LogP contribution in [0.5, 0.6) is 0 Å². The third-order valence-electron chi connectivity index (χ3n) is 3.10. The number of hydrogen-bond donors (Lipinski definition) is 1. The lowest BCUT2D eigenvalue weighted by molar-refractivity contribution is 0.432. The molecule has 0 unspecified atom stereocenters. The van der Waals surface area contributed by atoms with Crippen LogP contribution in [0.3, 0.4) is 0 Å². The molecule has 0 radical (unpaired) electrons. The van der Waals surface area contributed by atoms with Crippen molar-refractivity contribution >= 4 is 21.6 Å². The molecule has 0 spiro atoms. The zero-order chi connectivity index (χ0) is 15.0. The monoisotopic (exact) mass is 347 g/mol. The minimum Gasteiger partial charge on any atom is -0.398 e. The molecule has 4 nitrogen and oxygen atoms in total. The summed E-state index contributed by atoms with van der Waals surface area (Å²) in [5.41, 5.74) is 8.50. The highest BCUT2D eigenvalue weighted by atomic mass is 79.9. The number of nitrogens with two attached hydrogens (primary N) is 1. The molecule has 1 heterocycles. The molecule has 0 saturated heterocycles. The van der Waals surface area contributed by atoms with Crippen molar-refractivity contribution in [3.63, 3.8) is 0 Å². The molecule has 21 heavy (non-hydrogen) atoms. The fourth-order valence-electron chi connectivity index (χ4n) is 1.90. The number of halogens is 2. The number of anilines is 1. The Morgan fingerprint density at radius 3 is 2.76 bits per heavy atom. The SMILES string of the molecule is Cc1ccc(-c2noc(-c3cc(F)ccc3N)n2)cc1Br. The quantitative estimate of drug-likeness (QED) is 0.705. The van der Waals surface area contributed by atoms with Gasteiger partial charge in [0.2, 0.25) is 5.82 Å². The van der Waals surface area contributed by atoms with Crippen molar-refractivity contribution in [2.45, 2.75) is 6.92 Å². The van der Waals surface area contributed by atoms with Gasteiger partial charge in [-0.2, -0.15) is 4.98 Å². The van der Waals surface area contributed by atoms with Crippen LogP contribution in [0.1, 0.15) is 5.56 Å². The summed E-state index contributed by atoms with van der Waals surface area (Å²) in [6.07, 6.45) is 0. The van der Waals surface area contributed by atoms with E-state index in [9.17, 15) is 4.39 Å². The normalized spacial score (nSPS) is 10.8. The summed E-state index contributed by atoms with van der Waals surface area (Å²) in [4.78, 5) is 4.28. The van der Waals surface area contributed by atoms with Crippen LogP contribution in [-0.4, -0.2) is 10.1 Å². The van der Waals surface area contributed by atoms with Gasteiger partial charge in [0.25, 0.3) is 5.89 Å². The Kier molecular flexibility index (Phi) is 3.47. The Balaban J connectivity index is 2.03. The van der Waals surface area contributed by atoms with Gasteiger partial charge in [-0.25, -0.2) is 4.39 Å². The molecule has 3 aromatic rings. The van der Waals surface area contributed by atoms with Crippen LogP contribution in [0.2, 0.25) is 0 Å². The van der Waals surface area contributed by atoms with Gasteiger partial charge in [-0.1, -0.05) is 33.2 Å². The summed E-state index contributed by atoms with van der Waals surface area (Å²) in [6.45, 7) is 1.99. The number of aromatic nitrogens is 2. The smallest absolute Gasteiger partial charge is 0.260 e. The van der Waals surface area contributed by atoms with Gasteiger partial charge >= 0.3 is 0 Å². The van der Waals surface area contributed by atoms with Gasteiger partial charge in [-0.3, -0.25) is 0 Å². The second kappa shape index (κ2) is 5.29. The average Bonchev–Trinajstić information content (AvgIpc) is 2.94. The minimum atomic E-state index is -0.406. The van der Waals surface area contributed by atoms with E-state index in [1.54, 1.807) is 0 Å². The Morgan fingerprint density at radius 1 is 1.19 bits per heavy atom. The maximum atomic E-state index is 13.3. The van der Waals surface area contributed by atoms with Gasteiger partial charge in [0.05, 0.1) is 5.56 Å². The third-order valence-corrected chi connectivity index (χ3v) is 3.96. The first-order valence-electron chi connectivity index (χ1n) is 6.20. The van der Waals surface area contributed by atoms with E-state index in [0.717, 1.165) is 15.6 Å². The average molecular weight is 348 g/mol. The predicted molar refractivity (Wildman–Crippen MR) is 82.0 cm³/mol. The molecule has 0 saturated carbocycles. The van der Waals surface area contributed by atoms with Crippen molar-refractivity contribution in [1.29, 1.82) is 0 Å². The summed E-state index contributed by atoms with van der Waals surface area (Å²) in [5.74, 6) is 0.213. The summed E-state index contributed by atoms with van der Waals surface area (Å²) in [7, 11) is 0. The molecular weight excluding hydrogens is 337 g/mol. The first kappa shape index (κ1) is 13.8. The van der Waals surface area contributed by atoms with Crippen molar-refractivity contribution in [2.24, 2.45) is 0 Å². The zero-order valence-electron chi connectivity index (χ0n) is 11.1. The summed E-state index contributed by atoms with van der Waals surface area (Å²) in [5, 5.41) is 3.92. The zero-order valence-corrected chi connectivity index (χ0v) is 12.7. The molecule has 0 fully saturated rings. The Hall–Kier alpha value is -2.21. The molecular formula is C15H11BrFN3O. The van der Waals surface area contributed by atoms with E-state index in [2.05, 4.69) is 26.1 Å². The van der Waals surface area contributed by atoms with E-state index in [4.69, 9.17) is 10.3 Å². The van der Waals surface area contributed by atoms with Crippen molar-refractivity contribution in [3.8, 4) is 22.8 Å². The molecule has 0 bridgehead atoms. The molecule has 0 atom stereocenters. The number of hydrogen-bond acceptors (Lipinski definition) is 4. The first-order valence-corrected chi connectivity index (χ1v) is 6.99. The lowest BCUT2D eigenvalue weighted by atomic mass is 10.1. The maximum Gasteiger partial charge on any atom is 0.260 e. The fourth-order valence-corrected chi connectivity index (χ4v) is 2.27. The molecule has 1 aromatic heterocycles. The molecule has 106 valence electrons. The second-order valence-electron chi connectivity index (χ2n) is 4.62. The van der Waals surface area contributed by atoms with Gasteiger partial charge in [0, 0.05) is 15.7 Å². The van der Waals surface area contributed by atoms with Crippen LogP contribution in [0, 0.1) is 12.7 Å². The summed E-state index contributed by atoms with van der Waals surface area (Å²) >= 11 is 3.46. The van der Waals surface area contributed by atoms with Crippen molar-refractivity contribution in [2.75, 3.05) is 5.73 Å². The number of nitrogen functional groups attached to an aromatic ring is 1. The largest absolute Gasteiger partial charge is 0.398 e. The van der Waals surface area contributed by atoms with Crippen molar-refractivity contribution < 1.29 is 8.91 Å². The molecule has 0 aliphatic rings. The lowest BCUT2D eigenvalue weighted by Crippen LogP contribution is -1.91. The van der Waals surface area contributed by atoms with E-state index in [-0.39, 0.29) is 5.89 Å². The fraction of sp³-hybridized carbons (Fsp3) is 0.0667. The van der Waals surface area contributed by atoms with Gasteiger partial charge in [-0.15, -0.1) is 0 Å². The third kappa shape index (κ3) is 2.67. The van der Waals surface area contributed by atoms with Crippen LogP contribution in [0.25, 0.3) is 22.8 Å². The molecule has 3 rings (SSSR count). The van der Waals surface area contributed by atoms with Crippen LogP contribution in [-0.2, 0) is 0 Å². The van der Waals surface area contributed by atoms with Crippen LogP contribution < -0.4 is 5.73 Å². The van der Waals surface area contributed by atoms with Gasteiger partial charge < -0.3 is 10.3 Å². The van der Waals surface area contributed by atoms with Gasteiger partial charge in [-0.05, 0) is 36.8 Å². The molecule has 0 amide bonds. The highest BCUT2D eigenvalue weighted by Crippen LogP contribution is 2.29. The van der Waals surface area contributed by atoms with Crippen LogP contribution in [0.4, 0.5) is 10.1 Å². The van der Waals surface area contributed by atoms with Crippen molar-refractivity contribution in [3.05, 3.63) is 52.3 Å². The van der Waals surface area contributed by atoms with Crippen molar-refractivity contribution in [1.82, 2.24) is 10.1 Å². The van der Waals surface area contributed by atoms with Crippen LogP contribution in [0.15, 0.2) is 45.4 Å². The first-order chi connectivity index (χ1) is 10.0. The second-order valence-corrected chi connectivity index (χ2v) is 5.47. The van der Waals surface area contributed by atoms with E-state index in [1.165, 1.54) is 18.2 Å². The molecule has 0 aliphatic heterocycles. The predicted octanol–water partition coefficient (Wildman–Crippen LogP) is 4.20. The van der Waals surface area contributed by atoms with E-state index in [0.29, 0.717) is 17.1 Å². The Bertz CT molecular complexity index is 816.